The summed E-state index contributed by atoms with van der Waals surface area (Å²) in [5.41, 5.74) is -0.318. The molecule has 0 saturated carbocycles. The smallest absolute Gasteiger partial charge is 0.223 e. The largest absolute Gasteiger partial charge is 0.383 e. The predicted molar refractivity (Wildman–Crippen MR) is 83.3 cm³/mol. The first-order valence-electron chi connectivity index (χ1n) is 7.69. The second kappa shape index (κ2) is 6.06. The first-order valence-corrected chi connectivity index (χ1v) is 7.69. The van der Waals surface area contributed by atoms with Gasteiger partial charge in [0.05, 0.1) is 42.3 Å². The van der Waals surface area contributed by atoms with Gasteiger partial charge in [-0.25, -0.2) is 9.37 Å². The van der Waals surface area contributed by atoms with Gasteiger partial charge in [-0.15, -0.1) is 0 Å². The fourth-order valence-electron chi connectivity index (χ4n) is 3.25. The molecule has 2 atom stereocenters. The molecule has 3 rings (SSSR count). The van der Waals surface area contributed by atoms with Crippen LogP contribution in [0.4, 0.5) is 4.39 Å². The normalized spacial score (nSPS) is 22.0. The lowest BCUT2D eigenvalue weighted by atomic mass is 9.90. The van der Waals surface area contributed by atoms with E-state index in [0.29, 0.717) is 17.8 Å². The van der Waals surface area contributed by atoms with E-state index in [1.54, 1.807) is 17.6 Å². The van der Waals surface area contributed by atoms with Gasteiger partial charge in [0, 0.05) is 18.5 Å². The van der Waals surface area contributed by atoms with Crippen molar-refractivity contribution in [1.82, 2.24) is 14.9 Å². The first-order chi connectivity index (χ1) is 11.5. The zero-order chi connectivity index (χ0) is 17.3. The van der Waals surface area contributed by atoms with Crippen LogP contribution < -0.4 is 5.32 Å². The Labute approximate surface area is 138 Å². The summed E-state index contributed by atoms with van der Waals surface area (Å²) in [6, 6.07) is 5.67. The molecular formula is C17H17FN4O2. The molecule has 2 N–H and O–H groups in total. The molecule has 7 heteroatoms. The fourth-order valence-corrected chi connectivity index (χ4v) is 3.25. The minimum Gasteiger partial charge on any atom is -0.383 e. The summed E-state index contributed by atoms with van der Waals surface area (Å²) in [5, 5.41) is 22.5. The zero-order valence-electron chi connectivity index (χ0n) is 13.2. The van der Waals surface area contributed by atoms with Crippen molar-refractivity contribution in [3.63, 3.8) is 0 Å². The highest BCUT2D eigenvalue weighted by Gasteiger charge is 2.45. The Hall–Kier alpha value is -2.72. The zero-order valence-corrected chi connectivity index (χ0v) is 13.2. The highest BCUT2D eigenvalue weighted by molar-refractivity contribution is 5.77. The summed E-state index contributed by atoms with van der Waals surface area (Å²) in [6.45, 7) is 2.28. The Kier molecular flexibility index (Phi) is 4.08. The average Bonchev–Trinajstić information content (AvgIpc) is 3.11. The molecule has 0 bridgehead atoms. The number of carbonyl (C=O) groups is 1. The van der Waals surface area contributed by atoms with E-state index in [-0.39, 0.29) is 24.3 Å². The van der Waals surface area contributed by atoms with E-state index in [2.05, 4.69) is 10.3 Å². The molecular weight excluding hydrogens is 311 g/mol. The minimum atomic E-state index is -1.40. The molecule has 0 fully saturated rings. The van der Waals surface area contributed by atoms with E-state index in [1.807, 2.05) is 6.07 Å². The number of benzene rings is 1. The molecule has 24 heavy (non-hydrogen) atoms. The minimum absolute atomic E-state index is 0.110. The van der Waals surface area contributed by atoms with E-state index < -0.39 is 17.5 Å². The number of nitrogens with zero attached hydrogens (tertiary/aromatic N) is 3. The number of nitrogens with one attached hydrogen (secondary N) is 1. The molecule has 0 saturated heterocycles. The number of amides is 1. The lowest BCUT2D eigenvalue weighted by molar-refractivity contribution is -0.126. The molecule has 1 amide bonds. The number of nitriles is 1. The Morgan fingerprint density at radius 1 is 1.62 bits per heavy atom. The maximum atomic E-state index is 14.4. The Balaban J connectivity index is 1.96. The third-order valence-corrected chi connectivity index (χ3v) is 4.33. The third kappa shape index (κ3) is 2.65. The molecule has 6 nitrogen and oxygen atoms in total. The highest BCUT2D eigenvalue weighted by atomic mass is 19.1. The monoisotopic (exact) mass is 328 g/mol. The number of aliphatic hydroxyl groups is 1. The number of fused-ring (bicyclic) bond motifs is 1. The summed E-state index contributed by atoms with van der Waals surface area (Å²) >= 11 is 0. The number of aromatic nitrogens is 2. The van der Waals surface area contributed by atoms with Gasteiger partial charge in [0.2, 0.25) is 5.91 Å². The average molecular weight is 328 g/mol. The van der Waals surface area contributed by atoms with Crippen molar-refractivity contribution in [3.8, 4) is 6.07 Å². The molecule has 1 aromatic carbocycles. The number of hydrogen-bond acceptors (Lipinski definition) is 4. The second-order valence-corrected chi connectivity index (χ2v) is 5.92. The van der Waals surface area contributed by atoms with Crippen molar-refractivity contribution in [2.24, 2.45) is 0 Å². The molecule has 0 spiro atoms. The molecule has 1 aromatic heterocycles. The molecule has 2 aromatic rings. The Morgan fingerprint density at radius 2 is 2.42 bits per heavy atom. The fraction of sp³-hybridized carbons (Fsp3) is 0.353. The van der Waals surface area contributed by atoms with Crippen molar-refractivity contribution < 1.29 is 14.3 Å². The van der Waals surface area contributed by atoms with Crippen LogP contribution >= 0.6 is 0 Å². The second-order valence-electron chi connectivity index (χ2n) is 5.92. The summed E-state index contributed by atoms with van der Waals surface area (Å²) < 4.78 is 16.1. The number of rotatable bonds is 4. The van der Waals surface area contributed by atoms with Crippen LogP contribution in [-0.2, 0) is 10.4 Å². The maximum absolute atomic E-state index is 14.4. The molecule has 124 valence electrons. The number of halogens is 1. The number of imidazole rings is 1. The van der Waals surface area contributed by atoms with Crippen molar-refractivity contribution in [3.05, 3.63) is 53.4 Å². The van der Waals surface area contributed by atoms with Crippen LogP contribution in [0.2, 0.25) is 0 Å². The van der Waals surface area contributed by atoms with Crippen LogP contribution in [0.1, 0.15) is 42.6 Å². The van der Waals surface area contributed by atoms with Gasteiger partial charge in [0.15, 0.2) is 0 Å². The quantitative estimate of drug-likeness (QED) is 0.892. The van der Waals surface area contributed by atoms with Crippen molar-refractivity contribution in [2.45, 2.75) is 31.4 Å². The Bertz CT molecular complexity index is 826. The van der Waals surface area contributed by atoms with Crippen LogP contribution in [0.15, 0.2) is 30.7 Å². The van der Waals surface area contributed by atoms with E-state index in [9.17, 15) is 14.3 Å². The Morgan fingerprint density at radius 3 is 3.08 bits per heavy atom. The van der Waals surface area contributed by atoms with Crippen LogP contribution in [0.5, 0.6) is 0 Å². The van der Waals surface area contributed by atoms with Gasteiger partial charge in [-0.05, 0) is 19.1 Å². The molecule has 1 aliphatic heterocycles. The van der Waals surface area contributed by atoms with Gasteiger partial charge in [-0.2, -0.15) is 5.26 Å². The van der Waals surface area contributed by atoms with Crippen LogP contribution in [0.25, 0.3) is 0 Å². The summed E-state index contributed by atoms with van der Waals surface area (Å²) in [5.74, 6) is -0.783. The lowest BCUT2D eigenvalue weighted by Gasteiger charge is -2.22. The summed E-state index contributed by atoms with van der Waals surface area (Å²) in [4.78, 5) is 15.9. The maximum Gasteiger partial charge on any atom is 0.223 e. The first kappa shape index (κ1) is 16.1. The van der Waals surface area contributed by atoms with Crippen molar-refractivity contribution in [2.75, 3.05) is 6.54 Å². The van der Waals surface area contributed by atoms with Gasteiger partial charge >= 0.3 is 0 Å². The summed E-state index contributed by atoms with van der Waals surface area (Å²) in [6.07, 6.45) is 3.08. The van der Waals surface area contributed by atoms with E-state index in [4.69, 9.17) is 5.26 Å². The number of carbonyl (C=O) groups excluding carboxylic acids is 1. The van der Waals surface area contributed by atoms with Gasteiger partial charge in [0.25, 0.3) is 0 Å². The van der Waals surface area contributed by atoms with Crippen LogP contribution in [0.3, 0.4) is 0 Å². The molecule has 1 aliphatic rings. The van der Waals surface area contributed by atoms with Gasteiger partial charge in [-0.1, -0.05) is 6.07 Å². The highest BCUT2D eigenvalue weighted by Crippen LogP contribution is 2.45. The van der Waals surface area contributed by atoms with Crippen molar-refractivity contribution >= 4 is 5.91 Å². The van der Waals surface area contributed by atoms with E-state index >= 15 is 0 Å². The number of hydrogen-bond donors (Lipinski definition) is 2. The molecule has 2 heterocycles. The topological polar surface area (TPSA) is 90.9 Å². The lowest BCUT2D eigenvalue weighted by Crippen LogP contribution is -2.33. The van der Waals surface area contributed by atoms with Gasteiger partial charge in [0.1, 0.15) is 11.4 Å². The predicted octanol–water partition coefficient (Wildman–Crippen LogP) is 1.60. The van der Waals surface area contributed by atoms with Gasteiger partial charge in [-0.3, -0.25) is 4.79 Å². The third-order valence-electron chi connectivity index (χ3n) is 4.33. The summed E-state index contributed by atoms with van der Waals surface area (Å²) in [7, 11) is 0. The van der Waals surface area contributed by atoms with Crippen molar-refractivity contribution in [1.29, 1.82) is 5.26 Å². The van der Waals surface area contributed by atoms with Crippen LogP contribution in [-0.4, -0.2) is 27.1 Å². The SMILES string of the molecule is CCNC(=O)CC1(O)CC(c2ccc(C#N)cc2F)n2cncc21. The molecule has 0 aliphatic carbocycles. The van der Waals surface area contributed by atoms with E-state index in [1.165, 1.54) is 24.7 Å². The standard InChI is InChI=1S/C17H17FN4O2/c1-2-21-16(23)7-17(24)6-14(22-10-20-9-15(17)22)12-4-3-11(8-19)5-13(12)18/h3-5,9-10,14,24H,2,6-7H2,1H3,(H,21,23). The van der Waals surface area contributed by atoms with Crippen LogP contribution in [0, 0.1) is 17.1 Å². The molecule has 2 unspecified atom stereocenters. The van der Waals surface area contributed by atoms with E-state index in [0.717, 1.165) is 0 Å². The van der Waals surface area contributed by atoms with Gasteiger partial charge < -0.3 is 15.0 Å². The molecule has 0 radical (unpaired) electrons.